The molecule has 0 aromatic heterocycles. The SMILES string of the molecule is CC[C@H](C)[C@@H]([C@@H](CC(=O)N1CCC[C@H]1[C@H](OC)[C@@H](C)C(=O)N[C@@H](Cc1ccccc1)C(=O)OCCOCCOCCOC)OC)N(C)C(=O)[C@@H](CC(=O)[C@H](C(C)C)N(C)C(=O)OCc1ccc(NC(=O)[C@H](CCCNC(N)=O)CC(=O)[C@@H](NC(=O)CCCCCN2C(=O)C=CC2=O)C(C)C)cc1)C(C)C. The van der Waals surface area contributed by atoms with Crippen molar-refractivity contribution in [1.29, 1.82) is 0 Å². The molecule has 0 radical (unpaired) electrons. The van der Waals surface area contributed by atoms with E-state index in [-0.39, 0.29) is 130 Å². The average molecular weight is 1470 g/mol. The number of hydrogen-bond donors (Lipinski definition) is 5. The summed E-state index contributed by atoms with van der Waals surface area (Å²) >= 11 is 0. The number of ketones is 2. The predicted molar refractivity (Wildman–Crippen MR) is 393 cm³/mol. The monoisotopic (exact) mass is 1470 g/mol. The van der Waals surface area contributed by atoms with Gasteiger partial charge >= 0.3 is 18.1 Å². The minimum Gasteiger partial charge on any atom is -0.462 e. The summed E-state index contributed by atoms with van der Waals surface area (Å²) < 4.78 is 39.5. The van der Waals surface area contributed by atoms with Crippen LogP contribution < -0.4 is 27.0 Å². The Balaban J connectivity index is 1.38. The van der Waals surface area contributed by atoms with E-state index in [0.717, 1.165) is 10.5 Å². The number of unbranched alkanes of at least 4 members (excludes halogenated alkanes) is 2. The number of hydrogen-bond acceptors (Lipinski definition) is 19. The number of anilines is 1. The molecule has 2 heterocycles. The highest BCUT2D eigenvalue weighted by Crippen LogP contribution is 2.32. The maximum atomic E-state index is 15.0. The summed E-state index contributed by atoms with van der Waals surface area (Å²) in [5, 5.41) is 11.1. The average Bonchev–Trinajstić information content (AvgIpc) is 1.71. The van der Waals surface area contributed by atoms with E-state index in [1.165, 1.54) is 38.3 Å². The fourth-order valence-corrected chi connectivity index (χ4v) is 13.5. The van der Waals surface area contributed by atoms with Gasteiger partial charge in [0.2, 0.25) is 29.5 Å². The van der Waals surface area contributed by atoms with Crippen LogP contribution in [0.4, 0.5) is 15.3 Å². The zero-order valence-corrected chi connectivity index (χ0v) is 64.3. The summed E-state index contributed by atoms with van der Waals surface area (Å²) in [6.07, 6.45) is 3.64. The number of methoxy groups -OCH3 is 3. The van der Waals surface area contributed by atoms with Crippen molar-refractivity contribution in [3.8, 4) is 0 Å². The number of carbonyl (C=O) groups is 12. The second-order valence-corrected chi connectivity index (χ2v) is 28.3. The number of likely N-dealkylation sites (N-methyl/N-ethyl adjacent to an activating group) is 2. The highest BCUT2D eigenvalue weighted by atomic mass is 16.6. The number of nitrogens with zero attached hydrogens (tertiary/aromatic N) is 4. The molecule has 2 aromatic rings. The van der Waals surface area contributed by atoms with Crippen molar-refractivity contribution in [2.75, 3.05) is 100 Å². The molecule has 0 saturated carbocycles. The Hall–Kier alpha value is -8.18. The normalized spacial score (nSPS) is 16.5. The van der Waals surface area contributed by atoms with Crippen LogP contribution in [0.3, 0.4) is 0 Å². The Morgan fingerprint density at radius 2 is 1.31 bits per heavy atom. The molecule has 2 aromatic carbocycles. The standard InChI is InChI=1S/C77H119N9O19/c1-15-52(8)70(63(100-13)47-67(92)85-37-23-27-60(85)71(101-14)53(9)72(93)81-59(44-54-24-18-16-19-25-54)75(96)104-43-42-103-41-40-102-39-38-99-12)83(10)74(95)58(49(2)3)46-62(88)69(51(6)7)84(11)77(98)105-48-55-29-31-57(32-30-55)80-73(94)56(26-22-35-79-76(78)97)45-61(87)68(50(4)5)82-64(89)28-20-17-21-36-86-65(90)33-34-66(86)91/h16,18-19,24-25,29-34,49-53,56,58-60,63,68-71H,15,17,20-23,26-28,35-48H2,1-14H3,(H,80,94)(H,81,93)(H,82,89)(H3,78,79,97)/t52-,53+,56+,58-,59-,60-,63+,68-,69-,70-,71+/m0/s1. The molecule has 10 amide bonds. The molecule has 2 aliphatic heterocycles. The third kappa shape index (κ3) is 29.2. The minimum absolute atomic E-state index is 0.0424. The summed E-state index contributed by atoms with van der Waals surface area (Å²) in [6, 6.07) is 10.9. The maximum Gasteiger partial charge on any atom is 0.410 e. The van der Waals surface area contributed by atoms with Gasteiger partial charge in [0, 0.05) is 110 Å². The van der Waals surface area contributed by atoms with E-state index in [0.29, 0.717) is 89.2 Å². The number of urea groups is 1. The lowest BCUT2D eigenvalue weighted by Crippen LogP contribution is -2.55. The fraction of sp³-hybridized carbons (Fsp3) is 0.662. The number of nitrogens with two attached hydrogens (primary N) is 1. The van der Waals surface area contributed by atoms with Crippen LogP contribution in [0.5, 0.6) is 0 Å². The zero-order chi connectivity index (χ0) is 77.9. The van der Waals surface area contributed by atoms with Crippen molar-refractivity contribution in [1.82, 2.24) is 35.6 Å². The van der Waals surface area contributed by atoms with Gasteiger partial charge in [-0.1, -0.05) is 118 Å². The molecule has 1 saturated heterocycles. The van der Waals surface area contributed by atoms with Crippen molar-refractivity contribution >= 4 is 76.7 Å². The third-order valence-corrected chi connectivity index (χ3v) is 19.6. The van der Waals surface area contributed by atoms with E-state index >= 15 is 0 Å². The van der Waals surface area contributed by atoms with Gasteiger partial charge < -0.3 is 74.9 Å². The topological polar surface area (TPSA) is 357 Å². The molecule has 0 unspecified atom stereocenters. The second-order valence-electron chi connectivity index (χ2n) is 28.3. The van der Waals surface area contributed by atoms with Crippen LogP contribution in [0.1, 0.15) is 150 Å². The number of rotatable bonds is 50. The summed E-state index contributed by atoms with van der Waals surface area (Å²) in [4.78, 5) is 168. The summed E-state index contributed by atoms with van der Waals surface area (Å²) in [6.45, 7) is 18.7. The van der Waals surface area contributed by atoms with Crippen molar-refractivity contribution in [2.24, 2.45) is 47.2 Å². The van der Waals surface area contributed by atoms with Gasteiger partial charge in [-0.15, -0.1) is 0 Å². The third-order valence-electron chi connectivity index (χ3n) is 19.6. The lowest BCUT2D eigenvalue weighted by Gasteiger charge is -2.41. The van der Waals surface area contributed by atoms with E-state index < -0.39 is 96.0 Å². The van der Waals surface area contributed by atoms with Crippen molar-refractivity contribution in [2.45, 2.75) is 195 Å². The summed E-state index contributed by atoms with van der Waals surface area (Å²) in [5.41, 5.74) is 7.00. The lowest BCUT2D eigenvalue weighted by atomic mass is 9.83. The molecular weight excluding hydrogens is 1350 g/mol. The molecule has 105 heavy (non-hydrogen) atoms. The van der Waals surface area contributed by atoms with Crippen LogP contribution in [-0.4, -0.2) is 228 Å². The van der Waals surface area contributed by atoms with Crippen LogP contribution in [0.2, 0.25) is 0 Å². The highest BCUT2D eigenvalue weighted by molar-refractivity contribution is 6.12. The Morgan fingerprint density at radius 1 is 0.667 bits per heavy atom. The largest absolute Gasteiger partial charge is 0.462 e. The predicted octanol–water partition coefficient (Wildman–Crippen LogP) is 6.97. The second kappa shape index (κ2) is 46.7. The molecule has 28 heteroatoms. The molecule has 28 nitrogen and oxygen atoms in total. The summed E-state index contributed by atoms with van der Waals surface area (Å²) in [7, 11) is 7.71. The number of benzene rings is 2. The first-order chi connectivity index (χ1) is 50.0. The molecule has 0 spiro atoms. The Morgan fingerprint density at radius 3 is 1.90 bits per heavy atom. The molecule has 2 aliphatic rings. The number of imide groups is 1. The number of amides is 10. The van der Waals surface area contributed by atoms with Gasteiger partial charge in [-0.2, -0.15) is 0 Å². The Kier molecular flexibility index (Phi) is 39.7. The van der Waals surface area contributed by atoms with E-state index in [1.807, 2.05) is 58.0 Å². The Labute approximate surface area is 620 Å². The first kappa shape index (κ1) is 89.2. The number of likely N-dealkylation sites (tertiary alicyclic amines) is 1. The minimum atomic E-state index is -1.04. The van der Waals surface area contributed by atoms with Gasteiger partial charge in [-0.05, 0) is 85.5 Å². The lowest BCUT2D eigenvalue weighted by molar-refractivity contribution is -0.151. The van der Waals surface area contributed by atoms with Gasteiger partial charge in [-0.25, -0.2) is 14.4 Å². The van der Waals surface area contributed by atoms with Crippen molar-refractivity contribution < 1.29 is 90.7 Å². The van der Waals surface area contributed by atoms with E-state index in [9.17, 15) is 57.5 Å². The smallest absolute Gasteiger partial charge is 0.410 e. The van der Waals surface area contributed by atoms with Gasteiger partial charge in [0.25, 0.3) is 11.8 Å². The van der Waals surface area contributed by atoms with Gasteiger partial charge in [0.1, 0.15) is 19.3 Å². The summed E-state index contributed by atoms with van der Waals surface area (Å²) in [5.74, 6) is -7.74. The van der Waals surface area contributed by atoms with Crippen molar-refractivity contribution in [3.05, 3.63) is 77.9 Å². The quantitative estimate of drug-likeness (QED) is 0.0253. The number of carbonyl (C=O) groups excluding carboxylic acids is 12. The molecule has 1 fully saturated rings. The fourth-order valence-electron chi connectivity index (χ4n) is 13.5. The van der Waals surface area contributed by atoms with Gasteiger partial charge in [0.05, 0.1) is 81.7 Å². The van der Waals surface area contributed by atoms with Crippen molar-refractivity contribution in [3.63, 3.8) is 0 Å². The number of esters is 1. The number of nitrogens with one attached hydrogen (secondary N) is 4. The van der Waals surface area contributed by atoms with E-state index in [4.69, 9.17) is 38.9 Å². The zero-order valence-electron chi connectivity index (χ0n) is 64.3. The maximum absolute atomic E-state index is 15.0. The first-order valence-electron chi connectivity index (χ1n) is 37.0. The van der Waals surface area contributed by atoms with Gasteiger partial charge in [-0.3, -0.25) is 48.1 Å². The molecule has 11 atom stereocenters. The highest BCUT2D eigenvalue weighted by Gasteiger charge is 2.44. The molecule has 586 valence electrons. The number of Topliss-reactive ketones (excluding diaryl/α,β-unsaturated/α-hetero) is 2. The van der Waals surface area contributed by atoms with Crippen LogP contribution in [0, 0.1) is 41.4 Å². The van der Waals surface area contributed by atoms with Crippen LogP contribution >= 0.6 is 0 Å². The van der Waals surface area contributed by atoms with Crippen LogP contribution in [-0.2, 0) is 94.1 Å². The number of primary amides is 1. The molecule has 6 N–H and O–H groups in total. The number of ether oxygens (including phenoxy) is 7. The van der Waals surface area contributed by atoms with E-state index in [1.54, 1.807) is 82.8 Å². The Bertz CT molecular complexity index is 3130. The van der Waals surface area contributed by atoms with Crippen LogP contribution in [0.25, 0.3) is 0 Å². The van der Waals surface area contributed by atoms with E-state index in [2.05, 4.69) is 21.3 Å². The molecule has 0 aliphatic carbocycles. The molecule has 0 bridgehead atoms. The van der Waals surface area contributed by atoms with Crippen LogP contribution in [0.15, 0.2) is 66.7 Å². The first-order valence-corrected chi connectivity index (χ1v) is 37.0. The molecular formula is C77H119N9O19. The van der Waals surface area contributed by atoms with Gasteiger partial charge in [0.15, 0.2) is 11.6 Å². The molecule has 4 rings (SSSR count).